The fraction of sp³-hybridized carbons (Fsp3) is 0.941. The fourth-order valence-electron chi connectivity index (χ4n) is 3.92. The van der Waals surface area contributed by atoms with Crippen LogP contribution in [0.4, 0.5) is 0 Å². The van der Waals surface area contributed by atoms with E-state index in [1.807, 2.05) is 0 Å². The maximum atomic E-state index is 8.36. The van der Waals surface area contributed by atoms with E-state index in [1.165, 1.54) is 64.2 Å². The molecule has 0 heterocycles. The van der Waals surface area contributed by atoms with Crippen molar-refractivity contribution in [1.29, 1.82) is 0 Å². The first-order valence-electron chi connectivity index (χ1n) is 8.46. The van der Waals surface area contributed by atoms with E-state index in [0.29, 0.717) is 0 Å². The lowest BCUT2D eigenvalue weighted by atomic mass is 9.76. The summed E-state index contributed by atoms with van der Waals surface area (Å²) < 4.78 is 0. The third kappa shape index (κ3) is 7.59. The predicted molar refractivity (Wildman–Crippen MR) is 80.3 cm³/mol. The van der Waals surface area contributed by atoms with Crippen LogP contribution in [-0.4, -0.2) is 11.6 Å². The molecule has 0 aromatic carbocycles. The molecule has 0 aromatic rings. The molecule has 0 aliphatic heterocycles. The van der Waals surface area contributed by atoms with Crippen LogP contribution < -0.4 is 0 Å². The molecule has 2 saturated carbocycles. The molecule has 2 fully saturated rings. The number of rotatable bonds is 1. The molecular weight excluding hydrogens is 236 g/mol. The van der Waals surface area contributed by atoms with Crippen molar-refractivity contribution < 1.29 is 9.90 Å². The third-order valence-corrected chi connectivity index (χ3v) is 4.97. The number of hydrogen-bond acceptors (Lipinski definition) is 1. The minimum atomic E-state index is -0.250. The van der Waals surface area contributed by atoms with Crippen molar-refractivity contribution in [2.24, 2.45) is 11.8 Å². The minimum absolute atomic E-state index is 0.250. The number of carboxylic acid groups (broad SMARTS) is 1. The van der Waals surface area contributed by atoms with E-state index < -0.39 is 0 Å². The summed E-state index contributed by atoms with van der Waals surface area (Å²) in [5, 5.41) is 6.89. The van der Waals surface area contributed by atoms with Gasteiger partial charge in [0.2, 0.25) is 0 Å². The first kappa shape index (κ1) is 16.5. The number of hydrogen-bond donors (Lipinski definition) is 1. The van der Waals surface area contributed by atoms with Gasteiger partial charge in [-0.3, -0.25) is 4.79 Å². The Hall–Kier alpha value is -0.530. The van der Waals surface area contributed by atoms with Gasteiger partial charge in [0.15, 0.2) is 0 Å². The third-order valence-electron chi connectivity index (χ3n) is 4.97. The molecule has 0 radical (unpaired) electrons. The zero-order chi connectivity index (χ0) is 13.8. The summed E-state index contributed by atoms with van der Waals surface area (Å²) >= 11 is 0. The van der Waals surface area contributed by atoms with Gasteiger partial charge in [-0.2, -0.15) is 0 Å². The average Bonchev–Trinajstić information content (AvgIpc) is 2.30. The molecule has 2 aliphatic rings. The van der Waals surface area contributed by atoms with Gasteiger partial charge in [0.25, 0.3) is 6.47 Å². The second-order valence-electron chi connectivity index (χ2n) is 6.32. The highest BCUT2D eigenvalue weighted by Crippen LogP contribution is 2.35. The standard InChI is InChI=1S/C16H30.CH2O2/c1-3-7-11-15(12-8-4-1)16-13-9-5-2-6-10-14-16;2-1-3/h15-16H,1-14H2;1H,(H,2,3). The normalized spacial score (nSPS) is 24.0. The van der Waals surface area contributed by atoms with Gasteiger partial charge in [0, 0.05) is 0 Å². The fourth-order valence-corrected chi connectivity index (χ4v) is 3.92. The van der Waals surface area contributed by atoms with Crippen LogP contribution in [0.25, 0.3) is 0 Å². The van der Waals surface area contributed by atoms with Crippen LogP contribution in [0.1, 0.15) is 89.9 Å². The Labute approximate surface area is 119 Å². The van der Waals surface area contributed by atoms with Gasteiger partial charge in [-0.05, 0) is 11.8 Å². The van der Waals surface area contributed by atoms with Crippen molar-refractivity contribution in [2.45, 2.75) is 89.9 Å². The largest absolute Gasteiger partial charge is 0.483 e. The second kappa shape index (κ2) is 11.3. The Bertz CT molecular complexity index is 179. The van der Waals surface area contributed by atoms with Crippen molar-refractivity contribution >= 4 is 6.47 Å². The summed E-state index contributed by atoms with van der Waals surface area (Å²) in [4.78, 5) is 8.36. The van der Waals surface area contributed by atoms with Crippen LogP contribution >= 0.6 is 0 Å². The van der Waals surface area contributed by atoms with Gasteiger partial charge in [-0.15, -0.1) is 0 Å². The van der Waals surface area contributed by atoms with Crippen molar-refractivity contribution in [2.75, 3.05) is 0 Å². The van der Waals surface area contributed by atoms with Crippen LogP contribution in [0.3, 0.4) is 0 Å². The van der Waals surface area contributed by atoms with Gasteiger partial charge >= 0.3 is 0 Å². The lowest BCUT2D eigenvalue weighted by Crippen LogP contribution is -2.17. The first-order chi connectivity index (χ1) is 9.38. The molecule has 0 saturated heterocycles. The van der Waals surface area contributed by atoms with Crippen LogP contribution in [0.5, 0.6) is 0 Å². The molecular formula is C17H32O2. The zero-order valence-corrected chi connectivity index (χ0v) is 12.5. The van der Waals surface area contributed by atoms with E-state index in [4.69, 9.17) is 9.90 Å². The van der Waals surface area contributed by atoms with Gasteiger partial charge < -0.3 is 5.11 Å². The van der Waals surface area contributed by atoms with E-state index >= 15 is 0 Å². The predicted octanol–water partition coefficient (Wildman–Crippen LogP) is 5.41. The zero-order valence-electron chi connectivity index (χ0n) is 12.5. The lowest BCUT2D eigenvalue weighted by molar-refractivity contribution is -0.122. The highest BCUT2D eigenvalue weighted by Gasteiger charge is 2.22. The Morgan fingerprint density at radius 3 is 1.05 bits per heavy atom. The number of carbonyl (C=O) groups is 1. The Morgan fingerprint density at radius 2 is 0.789 bits per heavy atom. The summed E-state index contributed by atoms with van der Waals surface area (Å²) in [5.74, 6) is 2.22. The van der Waals surface area contributed by atoms with Gasteiger partial charge in [-0.1, -0.05) is 89.9 Å². The summed E-state index contributed by atoms with van der Waals surface area (Å²) in [7, 11) is 0. The smallest absolute Gasteiger partial charge is 0.290 e. The molecule has 0 unspecified atom stereocenters. The SMILES string of the molecule is C1CCCC(C2CCCCCCC2)CCC1.O=CO. The minimum Gasteiger partial charge on any atom is -0.483 e. The molecule has 2 heteroatoms. The molecule has 19 heavy (non-hydrogen) atoms. The van der Waals surface area contributed by atoms with Crippen molar-refractivity contribution in [3.05, 3.63) is 0 Å². The first-order valence-corrected chi connectivity index (χ1v) is 8.46. The van der Waals surface area contributed by atoms with Crippen LogP contribution in [0.15, 0.2) is 0 Å². The average molecular weight is 268 g/mol. The van der Waals surface area contributed by atoms with E-state index in [1.54, 1.807) is 25.7 Å². The Morgan fingerprint density at radius 1 is 0.579 bits per heavy atom. The molecule has 0 atom stereocenters. The van der Waals surface area contributed by atoms with Crippen molar-refractivity contribution in [3.8, 4) is 0 Å². The summed E-state index contributed by atoms with van der Waals surface area (Å²) in [6.45, 7) is -0.250. The van der Waals surface area contributed by atoms with Crippen LogP contribution in [0, 0.1) is 11.8 Å². The quantitative estimate of drug-likeness (QED) is 0.646. The van der Waals surface area contributed by atoms with E-state index in [2.05, 4.69) is 0 Å². The van der Waals surface area contributed by atoms with Crippen LogP contribution in [-0.2, 0) is 4.79 Å². The Kier molecular flexibility index (Phi) is 9.84. The molecule has 2 nitrogen and oxygen atoms in total. The molecule has 1 N–H and O–H groups in total. The summed E-state index contributed by atoms with van der Waals surface area (Å²) in [6, 6.07) is 0. The van der Waals surface area contributed by atoms with Crippen LogP contribution in [0.2, 0.25) is 0 Å². The van der Waals surface area contributed by atoms with Gasteiger partial charge in [-0.25, -0.2) is 0 Å². The maximum absolute atomic E-state index is 8.36. The molecule has 2 aliphatic carbocycles. The molecule has 0 aromatic heterocycles. The van der Waals surface area contributed by atoms with E-state index in [0.717, 1.165) is 11.8 Å². The molecule has 0 spiro atoms. The molecule has 112 valence electrons. The lowest BCUT2D eigenvalue weighted by Gasteiger charge is -2.30. The molecule has 0 bridgehead atoms. The van der Waals surface area contributed by atoms with E-state index in [9.17, 15) is 0 Å². The summed E-state index contributed by atoms with van der Waals surface area (Å²) in [6.07, 6.45) is 21.4. The highest BCUT2D eigenvalue weighted by atomic mass is 16.3. The second-order valence-corrected chi connectivity index (χ2v) is 6.32. The monoisotopic (exact) mass is 268 g/mol. The highest BCUT2D eigenvalue weighted by molar-refractivity contribution is 5.32. The van der Waals surface area contributed by atoms with Crippen molar-refractivity contribution in [3.63, 3.8) is 0 Å². The molecule has 0 amide bonds. The van der Waals surface area contributed by atoms with E-state index in [-0.39, 0.29) is 6.47 Å². The van der Waals surface area contributed by atoms with Gasteiger partial charge in [0.1, 0.15) is 0 Å². The topological polar surface area (TPSA) is 37.3 Å². The molecule has 2 rings (SSSR count). The van der Waals surface area contributed by atoms with Gasteiger partial charge in [0.05, 0.1) is 0 Å². The van der Waals surface area contributed by atoms with Crippen molar-refractivity contribution in [1.82, 2.24) is 0 Å². The summed E-state index contributed by atoms with van der Waals surface area (Å²) in [5.41, 5.74) is 0. The Balaban J connectivity index is 0.000000550. The maximum Gasteiger partial charge on any atom is 0.290 e.